The Hall–Kier alpha value is -1.86. The van der Waals surface area contributed by atoms with E-state index in [1.165, 1.54) is 109 Å². The average molecular weight is 917 g/mol. The van der Waals surface area contributed by atoms with E-state index >= 15 is 0 Å². The molecule has 0 aliphatic carbocycles. The molecule has 0 saturated carbocycles. The van der Waals surface area contributed by atoms with E-state index in [1.807, 2.05) is 18.7 Å². The van der Waals surface area contributed by atoms with Gasteiger partial charge in [0, 0.05) is 30.4 Å². The number of phosphoric ester groups is 1. The Morgan fingerprint density at radius 3 is 1.84 bits per heavy atom. The van der Waals surface area contributed by atoms with E-state index in [4.69, 9.17) is 18.5 Å². The number of ether oxygens (including phenoxy) is 2. The van der Waals surface area contributed by atoms with Crippen LogP contribution < -0.4 is 20.8 Å². The number of thioether (sulfide) groups is 1. The molecule has 13 nitrogen and oxygen atoms in total. The predicted molar refractivity (Wildman–Crippen MR) is 248 cm³/mol. The van der Waals surface area contributed by atoms with Crippen LogP contribution in [0.15, 0.2) is 0 Å². The van der Waals surface area contributed by atoms with Crippen LogP contribution in [0.3, 0.4) is 0 Å². The van der Waals surface area contributed by atoms with Crippen LogP contribution >= 0.6 is 19.6 Å². The first-order chi connectivity index (χ1) is 30.0. The van der Waals surface area contributed by atoms with Gasteiger partial charge in [-0.25, -0.2) is 4.79 Å². The maximum absolute atomic E-state index is 12.9. The number of rotatable bonds is 42. The number of unbranched alkanes of at least 4 members (excludes halogenated alkanes) is 23. The number of esters is 2. The Morgan fingerprint density at radius 2 is 1.26 bits per heavy atom. The molecule has 3 N–H and O–H groups in total. The van der Waals surface area contributed by atoms with Crippen LogP contribution in [0.5, 0.6) is 0 Å². The quantitative estimate of drug-likeness (QED) is 0.0229. The van der Waals surface area contributed by atoms with Gasteiger partial charge in [0.15, 0.2) is 6.10 Å². The molecule has 0 aromatic carbocycles. The fraction of sp³-hybridized carbons (Fsp3) is 0.915. The molecule has 0 spiro atoms. The standard InChI is InChI=1S/C47H88N3O10PS/c1-4-6-8-10-12-14-16-17-19-21-23-25-27-33-44(52)60-40(36-57-46(53)39(3)30-26-24-22-20-18-15-13-11-9-7-5-2)37-59-61(55,56)58-35-34-48-43(51)32-29-28-31-42-45-41(38-62-42)49-47(54)50-45/h39-42,45H,4-38H2,1-3H3,(H,48,51)(H,55,56)(H2,49,50,54)/p-1/t39?,40?,41-,42?,45-/m0/s1. The van der Waals surface area contributed by atoms with Gasteiger partial charge in [-0.3, -0.25) is 18.9 Å². The summed E-state index contributed by atoms with van der Waals surface area (Å²) in [6.07, 6.45) is 31.3. The highest BCUT2D eigenvalue weighted by atomic mass is 32.2. The number of hydrogen-bond acceptors (Lipinski definition) is 11. The zero-order valence-electron chi connectivity index (χ0n) is 39.1. The van der Waals surface area contributed by atoms with Crippen LogP contribution in [0.1, 0.15) is 213 Å². The zero-order chi connectivity index (χ0) is 45.1. The number of fused-ring (bicyclic) bond motifs is 1. The Labute approximate surface area is 380 Å². The van der Waals surface area contributed by atoms with Gasteiger partial charge in [-0.15, -0.1) is 0 Å². The fourth-order valence-electron chi connectivity index (χ4n) is 8.12. The van der Waals surface area contributed by atoms with Crippen molar-refractivity contribution >= 4 is 43.5 Å². The van der Waals surface area contributed by atoms with Crippen molar-refractivity contribution < 1.29 is 47.2 Å². The third-order valence-electron chi connectivity index (χ3n) is 12.0. The van der Waals surface area contributed by atoms with E-state index in [2.05, 4.69) is 29.8 Å². The summed E-state index contributed by atoms with van der Waals surface area (Å²) in [5.74, 6) is -0.576. The maximum Gasteiger partial charge on any atom is 0.315 e. The van der Waals surface area contributed by atoms with Crippen LogP contribution in [0.2, 0.25) is 0 Å². The topological polar surface area (TPSA) is 181 Å². The van der Waals surface area contributed by atoms with Crippen molar-refractivity contribution in [1.82, 2.24) is 16.0 Å². The smallest absolute Gasteiger partial charge is 0.315 e. The van der Waals surface area contributed by atoms with Crippen LogP contribution in [0, 0.1) is 5.92 Å². The van der Waals surface area contributed by atoms with Gasteiger partial charge in [-0.2, -0.15) is 11.8 Å². The number of urea groups is 1. The third kappa shape index (κ3) is 28.8. The Balaban J connectivity index is 1.68. The number of carbonyl (C=O) groups excluding carboxylic acids is 4. The van der Waals surface area contributed by atoms with E-state index < -0.39 is 32.5 Å². The molecular formula is C47H87N3O10PS-. The van der Waals surface area contributed by atoms with E-state index in [-0.39, 0.29) is 56.1 Å². The lowest BCUT2D eigenvalue weighted by atomic mass is 10.0. The highest BCUT2D eigenvalue weighted by molar-refractivity contribution is 8.00. The molecular weight excluding hydrogens is 830 g/mol. The normalized spacial score (nSPS) is 19.0. The molecule has 0 radical (unpaired) electrons. The molecule has 4 unspecified atom stereocenters. The highest BCUT2D eigenvalue weighted by Crippen LogP contribution is 2.38. The summed E-state index contributed by atoms with van der Waals surface area (Å²) in [5.41, 5.74) is 0. The van der Waals surface area contributed by atoms with E-state index in [0.29, 0.717) is 30.9 Å². The van der Waals surface area contributed by atoms with Crippen molar-refractivity contribution in [2.75, 3.05) is 32.1 Å². The summed E-state index contributed by atoms with van der Waals surface area (Å²) in [6, 6.07) is 0.183. The summed E-state index contributed by atoms with van der Waals surface area (Å²) in [4.78, 5) is 62.3. The summed E-state index contributed by atoms with van der Waals surface area (Å²) >= 11 is 1.83. The van der Waals surface area contributed by atoms with Crippen LogP contribution in [-0.4, -0.2) is 79.4 Å². The van der Waals surface area contributed by atoms with Crippen molar-refractivity contribution in [3.63, 3.8) is 0 Å². The SMILES string of the molecule is CCCCCCCCCCCCCCCC(=O)OC(COC(=O)C(C)CCCCCCCCCCCCC)COP(=O)([O-])OCCNC(=O)CCCCC1SC[C@@H]2NC(=O)N[C@H]12. The number of carbonyl (C=O) groups is 4. The molecule has 0 bridgehead atoms. The Morgan fingerprint density at radius 1 is 0.726 bits per heavy atom. The van der Waals surface area contributed by atoms with E-state index in [9.17, 15) is 28.6 Å². The minimum absolute atomic E-state index is 0.0273. The van der Waals surface area contributed by atoms with E-state index in [1.54, 1.807) is 0 Å². The van der Waals surface area contributed by atoms with Crippen molar-refractivity contribution in [3.05, 3.63) is 0 Å². The molecule has 0 aromatic rings. The van der Waals surface area contributed by atoms with Gasteiger partial charge in [0.05, 0.1) is 31.2 Å². The lowest BCUT2D eigenvalue weighted by molar-refractivity contribution is -0.228. The lowest BCUT2D eigenvalue weighted by Gasteiger charge is -2.26. The summed E-state index contributed by atoms with van der Waals surface area (Å²) in [5, 5.41) is 8.90. The number of amides is 3. The molecule has 2 rings (SSSR count). The van der Waals surface area contributed by atoms with Crippen LogP contribution in [0.25, 0.3) is 0 Å². The first-order valence-electron chi connectivity index (χ1n) is 25.0. The molecule has 2 aliphatic heterocycles. The second-order valence-electron chi connectivity index (χ2n) is 17.8. The Bertz CT molecular complexity index is 1250. The van der Waals surface area contributed by atoms with Gasteiger partial charge < -0.3 is 39.4 Å². The average Bonchev–Trinajstić information content (AvgIpc) is 3.81. The van der Waals surface area contributed by atoms with Gasteiger partial charge in [0.25, 0.3) is 7.82 Å². The third-order valence-corrected chi connectivity index (χ3v) is 14.5. The monoisotopic (exact) mass is 917 g/mol. The molecule has 2 saturated heterocycles. The van der Waals surface area contributed by atoms with Crippen molar-refractivity contribution in [2.45, 2.75) is 237 Å². The van der Waals surface area contributed by atoms with Gasteiger partial charge in [0.1, 0.15) is 6.61 Å². The van der Waals surface area contributed by atoms with Gasteiger partial charge >= 0.3 is 18.0 Å². The first-order valence-corrected chi connectivity index (χ1v) is 27.5. The summed E-state index contributed by atoms with van der Waals surface area (Å²) < 4.78 is 33.8. The van der Waals surface area contributed by atoms with Crippen molar-refractivity contribution in [2.24, 2.45) is 5.92 Å². The van der Waals surface area contributed by atoms with Crippen molar-refractivity contribution in [3.8, 4) is 0 Å². The number of nitrogens with one attached hydrogen (secondary N) is 3. The molecule has 62 heavy (non-hydrogen) atoms. The molecule has 3 amide bonds. The second kappa shape index (κ2) is 36.4. The molecule has 2 aliphatic rings. The first kappa shape index (κ1) is 56.3. The predicted octanol–water partition coefficient (Wildman–Crippen LogP) is 10.6. The number of phosphoric acid groups is 1. The van der Waals surface area contributed by atoms with Gasteiger partial charge in [0.2, 0.25) is 5.91 Å². The lowest BCUT2D eigenvalue weighted by Crippen LogP contribution is -2.36. The molecule has 2 heterocycles. The molecule has 2 fully saturated rings. The summed E-state index contributed by atoms with van der Waals surface area (Å²) in [7, 11) is -4.83. The van der Waals surface area contributed by atoms with Crippen molar-refractivity contribution in [1.29, 1.82) is 0 Å². The van der Waals surface area contributed by atoms with Gasteiger partial charge in [-0.1, -0.05) is 175 Å². The summed E-state index contributed by atoms with van der Waals surface area (Å²) in [6.45, 7) is 5.06. The van der Waals surface area contributed by atoms with Crippen LogP contribution in [-0.2, 0) is 37.5 Å². The van der Waals surface area contributed by atoms with Gasteiger partial charge in [-0.05, 0) is 25.7 Å². The zero-order valence-corrected chi connectivity index (χ0v) is 40.8. The number of hydrogen-bond donors (Lipinski definition) is 3. The Kier molecular flexibility index (Phi) is 33.0. The van der Waals surface area contributed by atoms with E-state index in [0.717, 1.165) is 57.1 Å². The second-order valence-corrected chi connectivity index (χ2v) is 20.4. The minimum atomic E-state index is -4.83. The fourth-order valence-corrected chi connectivity index (χ4v) is 10.4. The van der Waals surface area contributed by atoms with Crippen LogP contribution in [0.4, 0.5) is 4.79 Å². The highest BCUT2D eigenvalue weighted by Gasteiger charge is 2.42. The molecule has 362 valence electrons. The minimum Gasteiger partial charge on any atom is -0.756 e. The largest absolute Gasteiger partial charge is 0.756 e. The molecule has 15 heteroatoms. The molecule has 6 atom stereocenters. The molecule has 0 aromatic heterocycles. The maximum atomic E-state index is 12.9.